The molecule has 122 valence electrons. The Morgan fingerprint density at radius 3 is 2.33 bits per heavy atom. The molecule has 6 heteroatoms. The third kappa shape index (κ3) is 3.48. The maximum absolute atomic E-state index is 12.6. The molecule has 1 aromatic heterocycles. The number of halogens is 3. The highest BCUT2D eigenvalue weighted by molar-refractivity contribution is 6.42. The van der Waals surface area contributed by atoms with Crippen LogP contribution in [0.3, 0.4) is 0 Å². The zero-order valence-corrected chi connectivity index (χ0v) is 15.0. The van der Waals surface area contributed by atoms with Crippen molar-refractivity contribution in [3.8, 4) is 0 Å². The van der Waals surface area contributed by atoms with Gasteiger partial charge in [-0.1, -0.05) is 53.0 Å². The highest BCUT2D eigenvalue weighted by Gasteiger charge is 2.24. The van der Waals surface area contributed by atoms with E-state index in [1.54, 1.807) is 12.1 Å². The van der Waals surface area contributed by atoms with Crippen LogP contribution in [0.25, 0.3) is 10.8 Å². The Morgan fingerprint density at radius 2 is 1.67 bits per heavy atom. The molecule has 0 radical (unpaired) electrons. The largest absolute Gasteiger partial charge is 0.318 e. The maximum Gasteiger partial charge on any atom is 0.293 e. The molecular formula is C18H14Cl3N2O+. The van der Waals surface area contributed by atoms with Crippen LogP contribution in [0.15, 0.2) is 54.9 Å². The second-order valence-corrected chi connectivity index (χ2v) is 6.68. The van der Waals surface area contributed by atoms with E-state index in [2.05, 4.69) is 5.32 Å². The first-order valence-electron chi connectivity index (χ1n) is 7.30. The van der Waals surface area contributed by atoms with E-state index in [1.807, 2.05) is 54.2 Å². The van der Waals surface area contributed by atoms with E-state index < -0.39 is 6.04 Å². The third-order valence-electron chi connectivity index (χ3n) is 3.79. The molecule has 3 aromatic rings. The number of pyridine rings is 1. The normalized spacial score (nSPS) is 12.2. The van der Waals surface area contributed by atoms with Crippen LogP contribution in [0, 0.1) is 0 Å². The van der Waals surface area contributed by atoms with Gasteiger partial charge in [0.25, 0.3) is 5.91 Å². The Labute approximate surface area is 154 Å². The first-order valence-corrected chi connectivity index (χ1v) is 8.44. The number of hydrogen-bond donors (Lipinski definition) is 1. The average molecular weight is 381 g/mol. The quantitative estimate of drug-likeness (QED) is 0.616. The minimum Gasteiger partial charge on any atom is -0.318 e. The van der Waals surface area contributed by atoms with Gasteiger partial charge in [0.05, 0.1) is 15.7 Å². The molecule has 3 rings (SSSR count). The molecule has 0 bridgehead atoms. The number of aromatic nitrogens is 1. The topological polar surface area (TPSA) is 33.0 Å². The fourth-order valence-electron chi connectivity index (χ4n) is 2.42. The summed E-state index contributed by atoms with van der Waals surface area (Å²) in [7, 11) is 0. The van der Waals surface area contributed by atoms with Crippen molar-refractivity contribution < 1.29 is 9.36 Å². The van der Waals surface area contributed by atoms with Crippen molar-refractivity contribution in [2.75, 3.05) is 5.32 Å². The molecule has 1 atom stereocenters. The van der Waals surface area contributed by atoms with E-state index in [1.165, 1.54) is 0 Å². The van der Waals surface area contributed by atoms with Gasteiger partial charge in [-0.15, -0.1) is 0 Å². The van der Waals surface area contributed by atoms with Crippen molar-refractivity contribution in [1.29, 1.82) is 0 Å². The number of hydrogen-bond acceptors (Lipinski definition) is 1. The highest BCUT2D eigenvalue weighted by Crippen LogP contribution is 2.33. The summed E-state index contributed by atoms with van der Waals surface area (Å²) in [6, 6.07) is 12.6. The van der Waals surface area contributed by atoms with Crippen molar-refractivity contribution in [1.82, 2.24) is 0 Å². The van der Waals surface area contributed by atoms with Crippen LogP contribution in [0.4, 0.5) is 5.69 Å². The average Bonchev–Trinajstić information content (AvgIpc) is 2.56. The van der Waals surface area contributed by atoms with Crippen LogP contribution >= 0.6 is 34.8 Å². The highest BCUT2D eigenvalue weighted by atomic mass is 35.5. The SMILES string of the molecule is C[C@H](C(=O)Nc1c(Cl)cc(Cl)cc1Cl)[n+]1ccc2ccccc2c1. The molecular weight excluding hydrogens is 367 g/mol. The smallest absolute Gasteiger partial charge is 0.293 e. The van der Waals surface area contributed by atoms with Gasteiger partial charge in [0.1, 0.15) is 0 Å². The first kappa shape index (κ1) is 17.0. The molecule has 0 spiro atoms. The summed E-state index contributed by atoms with van der Waals surface area (Å²) < 4.78 is 1.84. The van der Waals surface area contributed by atoms with E-state index in [0.29, 0.717) is 20.8 Å². The number of rotatable bonds is 3. The lowest BCUT2D eigenvalue weighted by molar-refractivity contribution is -0.704. The van der Waals surface area contributed by atoms with E-state index >= 15 is 0 Å². The van der Waals surface area contributed by atoms with Gasteiger partial charge in [-0.05, 0) is 23.6 Å². The van der Waals surface area contributed by atoms with Crippen molar-refractivity contribution in [2.45, 2.75) is 13.0 Å². The zero-order valence-electron chi connectivity index (χ0n) is 12.8. The van der Waals surface area contributed by atoms with Gasteiger partial charge < -0.3 is 5.32 Å². The first-order chi connectivity index (χ1) is 11.5. The Hall–Kier alpha value is -1.81. The monoisotopic (exact) mass is 379 g/mol. The lowest BCUT2D eigenvalue weighted by Crippen LogP contribution is -2.44. The van der Waals surface area contributed by atoms with E-state index in [9.17, 15) is 4.79 Å². The number of carbonyl (C=O) groups excluding carboxylic acids is 1. The molecule has 0 saturated carbocycles. The van der Waals surface area contributed by atoms with Crippen molar-refractivity contribution in [3.63, 3.8) is 0 Å². The summed E-state index contributed by atoms with van der Waals surface area (Å²) in [5.74, 6) is -0.221. The predicted molar refractivity (Wildman–Crippen MR) is 99.0 cm³/mol. The summed E-state index contributed by atoms with van der Waals surface area (Å²) in [4.78, 5) is 12.6. The van der Waals surface area contributed by atoms with Crippen molar-refractivity contribution >= 4 is 57.2 Å². The van der Waals surface area contributed by atoms with Crippen molar-refractivity contribution in [2.24, 2.45) is 0 Å². The van der Waals surface area contributed by atoms with Crippen LogP contribution in [-0.4, -0.2) is 5.91 Å². The molecule has 0 unspecified atom stereocenters. The Morgan fingerprint density at radius 1 is 1.04 bits per heavy atom. The molecule has 1 amide bonds. The maximum atomic E-state index is 12.6. The van der Waals surface area contributed by atoms with Gasteiger partial charge in [0.2, 0.25) is 6.04 Å². The van der Waals surface area contributed by atoms with Crippen LogP contribution < -0.4 is 9.88 Å². The lowest BCUT2D eigenvalue weighted by atomic mass is 10.1. The number of carbonyl (C=O) groups is 1. The summed E-state index contributed by atoms with van der Waals surface area (Å²) in [5.41, 5.74) is 0.362. The van der Waals surface area contributed by atoms with Crippen molar-refractivity contribution in [3.05, 3.63) is 69.9 Å². The number of nitrogens with zero attached hydrogens (tertiary/aromatic N) is 1. The fourth-order valence-corrected chi connectivity index (χ4v) is 3.33. The molecule has 0 aliphatic rings. The second kappa shape index (κ2) is 6.98. The number of nitrogens with one attached hydrogen (secondary N) is 1. The van der Waals surface area contributed by atoms with Gasteiger partial charge in [-0.25, -0.2) is 0 Å². The Balaban J connectivity index is 1.86. The summed E-state index contributed by atoms with van der Waals surface area (Å²) in [6.45, 7) is 1.81. The van der Waals surface area contributed by atoms with Gasteiger partial charge in [0, 0.05) is 23.4 Å². The molecule has 2 aromatic carbocycles. The molecule has 0 fully saturated rings. The minimum atomic E-state index is -0.433. The van der Waals surface area contributed by atoms with Gasteiger partial charge >= 0.3 is 0 Å². The van der Waals surface area contributed by atoms with Crippen LogP contribution in [0.2, 0.25) is 15.1 Å². The summed E-state index contributed by atoms with van der Waals surface area (Å²) in [6.07, 6.45) is 3.81. The van der Waals surface area contributed by atoms with Gasteiger partial charge in [-0.2, -0.15) is 4.57 Å². The molecule has 0 saturated heterocycles. The minimum absolute atomic E-state index is 0.221. The lowest BCUT2D eigenvalue weighted by Gasteiger charge is -2.12. The number of benzene rings is 2. The van der Waals surface area contributed by atoms with Crippen LogP contribution in [-0.2, 0) is 4.79 Å². The van der Waals surface area contributed by atoms with E-state index in [4.69, 9.17) is 34.8 Å². The molecule has 0 aliphatic carbocycles. The van der Waals surface area contributed by atoms with Gasteiger partial charge in [-0.3, -0.25) is 4.79 Å². The Kier molecular flexibility index (Phi) is 4.95. The number of fused-ring (bicyclic) bond motifs is 1. The molecule has 1 heterocycles. The zero-order chi connectivity index (χ0) is 17.3. The van der Waals surface area contributed by atoms with E-state index in [0.717, 1.165) is 10.8 Å². The predicted octanol–water partition coefficient (Wildman–Crippen LogP) is 5.29. The third-order valence-corrected chi connectivity index (χ3v) is 4.61. The second-order valence-electron chi connectivity index (χ2n) is 5.43. The van der Waals surface area contributed by atoms with E-state index in [-0.39, 0.29) is 5.91 Å². The van der Waals surface area contributed by atoms with Crippen LogP contribution in [0.1, 0.15) is 13.0 Å². The summed E-state index contributed by atoms with van der Waals surface area (Å²) >= 11 is 18.1. The number of anilines is 1. The molecule has 3 nitrogen and oxygen atoms in total. The molecule has 1 N–H and O–H groups in total. The Bertz CT molecular complexity index is 904. The van der Waals surface area contributed by atoms with Gasteiger partial charge in [0.15, 0.2) is 12.4 Å². The standard InChI is InChI=1S/C18H13Cl3N2O/c1-11(23-7-6-12-4-2-3-5-13(12)10-23)18(24)22-17-15(20)8-14(19)9-16(17)21/h2-11H,1H3/p+1/t11-/m1/s1. The molecule has 0 aliphatic heterocycles. The number of amides is 1. The summed E-state index contributed by atoms with van der Waals surface area (Å²) in [5, 5.41) is 5.96. The molecule has 24 heavy (non-hydrogen) atoms. The fraction of sp³-hybridized carbons (Fsp3) is 0.111. The van der Waals surface area contributed by atoms with Crippen LogP contribution in [0.5, 0.6) is 0 Å².